The fraction of sp³-hybridized carbons (Fsp3) is 0.273. The van der Waals surface area contributed by atoms with E-state index in [1.54, 1.807) is 12.3 Å². The molecule has 18 heavy (non-hydrogen) atoms. The van der Waals surface area contributed by atoms with Gasteiger partial charge in [-0.15, -0.1) is 0 Å². The molecule has 0 aromatic carbocycles. The first-order valence-corrected chi connectivity index (χ1v) is 5.62. The van der Waals surface area contributed by atoms with Crippen molar-refractivity contribution >= 4 is 11.9 Å². The molecular formula is C11H14N6O. The zero-order valence-corrected chi connectivity index (χ0v) is 10.00. The van der Waals surface area contributed by atoms with Crippen molar-refractivity contribution in [3.05, 3.63) is 30.2 Å². The second-order valence-corrected chi connectivity index (χ2v) is 3.70. The summed E-state index contributed by atoms with van der Waals surface area (Å²) in [5.74, 6) is 0.598. The molecule has 7 heteroatoms. The van der Waals surface area contributed by atoms with Crippen molar-refractivity contribution in [1.29, 1.82) is 0 Å². The van der Waals surface area contributed by atoms with Crippen LogP contribution in [0.5, 0.6) is 0 Å². The molecule has 0 aliphatic carbocycles. The standard InChI is InChI=1S/C11H14N6O/c1-2-4-13-11-14-5-3-9(16-11)17-7-8(6-15-17)10(12)18/h3,5-7H,2,4H2,1H3,(H2,12,18)(H,13,14,16). The predicted molar refractivity (Wildman–Crippen MR) is 66.5 cm³/mol. The lowest BCUT2D eigenvalue weighted by atomic mass is 10.3. The Morgan fingerprint density at radius 2 is 2.39 bits per heavy atom. The van der Waals surface area contributed by atoms with Gasteiger partial charge in [-0.2, -0.15) is 10.1 Å². The molecule has 3 N–H and O–H groups in total. The lowest BCUT2D eigenvalue weighted by molar-refractivity contribution is 0.100. The number of nitrogens with two attached hydrogens (primary N) is 1. The molecule has 0 atom stereocenters. The second kappa shape index (κ2) is 5.26. The van der Waals surface area contributed by atoms with E-state index in [1.807, 2.05) is 0 Å². The van der Waals surface area contributed by atoms with E-state index in [0.717, 1.165) is 13.0 Å². The third-order valence-corrected chi connectivity index (χ3v) is 2.28. The van der Waals surface area contributed by atoms with Crippen LogP contribution in [0.4, 0.5) is 5.95 Å². The Morgan fingerprint density at radius 1 is 1.56 bits per heavy atom. The molecule has 7 nitrogen and oxygen atoms in total. The number of rotatable bonds is 5. The summed E-state index contributed by atoms with van der Waals surface area (Å²) in [6.45, 7) is 2.86. The Morgan fingerprint density at radius 3 is 3.06 bits per heavy atom. The van der Waals surface area contributed by atoms with Crippen LogP contribution in [0, 0.1) is 0 Å². The molecule has 0 unspecified atom stereocenters. The number of carbonyl (C=O) groups excluding carboxylic acids is 1. The highest BCUT2D eigenvalue weighted by atomic mass is 16.1. The van der Waals surface area contributed by atoms with Crippen molar-refractivity contribution in [2.45, 2.75) is 13.3 Å². The molecule has 0 spiro atoms. The van der Waals surface area contributed by atoms with E-state index in [0.29, 0.717) is 17.3 Å². The zero-order chi connectivity index (χ0) is 13.0. The number of nitrogens with zero attached hydrogens (tertiary/aromatic N) is 4. The number of hydrogen-bond donors (Lipinski definition) is 2. The molecule has 2 heterocycles. The van der Waals surface area contributed by atoms with E-state index in [2.05, 4.69) is 27.3 Å². The smallest absolute Gasteiger partial charge is 0.251 e. The van der Waals surface area contributed by atoms with E-state index < -0.39 is 5.91 Å². The fourth-order valence-electron chi connectivity index (χ4n) is 1.37. The molecule has 0 saturated carbocycles. The van der Waals surface area contributed by atoms with Gasteiger partial charge in [0.25, 0.3) is 5.91 Å². The third kappa shape index (κ3) is 2.62. The zero-order valence-electron chi connectivity index (χ0n) is 10.00. The lowest BCUT2D eigenvalue weighted by Crippen LogP contribution is -2.10. The largest absolute Gasteiger partial charge is 0.366 e. The Labute approximate surface area is 104 Å². The minimum absolute atomic E-state index is 0.344. The van der Waals surface area contributed by atoms with Gasteiger partial charge in [-0.05, 0) is 6.42 Å². The molecule has 0 aliphatic rings. The summed E-state index contributed by atoms with van der Waals surface area (Å²) < 4.78 is 1.49. The van der Waals surface area contributed by atoms with Gasteiger partial charge in [0.1, 0.15) is 0 Å². The molecule has 94 valence electrons. The molecule has 2 aromatic heterocycles. The normalized spacial score (nSPS) is 10.3. The summed E-state index contributed by atoms with van der Waals surface area (Å²) in [5.41, 5.74) is 5.51. The number of nitrogens with one attached hydrogen (secondary N) is 1. The summed E-state index contributed by atoms with van der Waals surface area (Å²) in [5, 5.41) is 7.11. The van der Waals surface area contributed by atoms with Gasteiger partial charge in [0.05, 0.1) is 11.8 Å². The summed E-state index contributed by atoms with van der Waals surface area (Å²) in [6.07, 6.45) is 5.56. The number of anilines is 1. The lowest BCUT2D eigenvalue weighted by Gasteiger charge is -2.04. The van der Waals surface area contributed by atoms with Gasteiger partial charge in [0, 0.05) is 25.0 Å². The Balaban J connectivity index is 2.23. The first-order chi connectivity index (χ1) is 8.70. The van der Waals surface area contributed by atoms with Crippen LogP contribution >= 0.6 is 0 Å². The minimum Gasteiger partial charge on any atom is -0.366 e. The number of hydrogen-bond acceptors (Lipinski definition) is 5. The van der Waals surface area contributed by atoms with Crippen molar-refractivity contribution in [2.75, 3.05) is 11.9 Å². The molecule has 0 saturated heterocycles. The van der Waals surface area contributed by atoms with Crippen molar-refractivity contribution in [3.8, 4) is 5.82 Å². The van der Waals surface area contributed by atoms with Crippen LogP contribution in [-0.2, 0) is 0 Å². The van der Waals surface area contributed by atoms with Crippen molar-refractivity contribution in [1.82, 2.24) is 19.7 Å². The number of aromatic nitrogens is 4. The number of primary amides is 1. The van der Waals surface area contributed by atoms with Gasteiger partial charge in [-0.25, -0.2) is 9.67 Å². The van der Waals surface area contributed by atoms with Gasteiger partial charge >= 0.3 is 0 Å². The van der Waals surface area contributed by atoms with Crippen LogP contribution in [0.3, 0.4) is 0 Å². The van der Waals surface area contributed by atoms with Gasteiger partial charge in [-0.3, -0.25) is 4.79 Å². The monoisotopic (exact) mass is 246 g/mol. The van der Waals surface area contributed by atoms with Crippen LogP contribution in [-0.4, -0.2) is 32.2 Å². The van der Waals surface area contributed by atoms with Crippen LogP contribution in [0.2, 0.25) is 0 Å². The summed E-state index contributed by atoms with van der Waals surface area (Å²) in [7, 11) is 0. The summed E-state index contributed by atoms with van der Waals surface area (Å²) in [6, 6.07) is 1.70. The number of amides is 1. The average Bonchev–Trinajstić information content (AvgIpc) is 2.86. The second-order valence-electron chi connectivity index (χ2n) is 3.70. The summed E-state index contributed by atoms with van der Waals surface area (Å²) in [4.78, 5) is 19.3. The van der Waals surface area contributed by atoms with Crippen LogP contribution in [0.15, 0.2) is 24.7 Å². The molecule has 0 aliphatic heterocycles. The Hall–Kier alpha value is -2.44. The van der Waals surface area contributed by atoms with Crippen molar-refractivity contribution in [2.24, 2.45) is 5.73 Å². The van der Waals surface area contributed by atoms with E-state index >= 15 is 0 Å². The van der Waals surface area contributed by atoms with Crippen molar-refractivity contribution in [3.63, 3.8) is 0 Å². The third-order valence-electron chi connectivity index (χ3n) is 2.28. The maximum Gasteiger partial charge on any atom is 0.251 e. The minimum atomic E-state index is -0.514. The van der Waals surface area contributed by atoms with Gasteiger partial charge in [0.15, 0.2) is 5.82 Å². The molecule has 0 fully saturated rings. The van der Waals surface area contributed by atoms with Crippen molar-refractivity contribution < 1.29 is 4.79 Å². The maximum atomic E-state index is 11.0. The van der Waals surface area contributed by atoms with Gasteiger partial charge < -0.3 is 11.1 Å². The van der Waals surface area contributed by atoms with Gasteiger partial charge in [-0.1, -0.05) is 6.92 Å². The fourth-order valence-corrected chi connectivity index (χ4v) is 1.37. The van der Waals surface area contributed by atoms with Crippen LogP contribution in [0.25, 0.3) is 5.82 Å². The molecule has 0 bridgehead atoms. The summed E-state index contributed by atoms with van der Waals surface area (Å²) >= 11 is 0. The Kier molecular flexibility index (Phi) is 3.52. The quantitative estimate of drug-likeness (QED) is 0.804. The first-order valence-electron chi connectivity index (χ1n) is 5.62. The molecule has 1 amide bonds. The van der Waals surface area contributed by atoms with E-state index in [-0.39, 0.29) is 0 Å². The molecule has 0 radical (unpaired) electrons. The van der Waals surface area contributed by atoms with Crippen LogP contribution < -0.4 is 11.1 Å². The highest BCUT2D eigenvalue weighted by molar-refractivity contribution is 5.92. The van der Waals surface area contributed by atoms with E-state index in [9.17, 15) is 4.79 Å². The highest BCUT2D eigenvalue weighted by Gasteiger charge is 2.07. The SMILES string of the molecule is CCCNc1nccc(-n2cc(C(N)=O)cn2)n1. The average molecular weight is 246 g/mol. The van der Waals surface area contributed by atoms with E-state index in [4.69, 9.17) is 5.73 Å². The highest BCUT2D eigenvalue weighted by Crippen LogP contribution is 2.07. The number of carbonyl (C=O) groups is 1. The van der Waals surface area contributed by atoms with Gasteiger partial charge in [0.2, 0.25) is 5.95 Å². The van der Waals surface area contributed by atoms with Crippen LogP contribution in [0.1, 0.15) is 23.7 Å². The predicted octanol–water partition coefficient (Wildman–Crippen LogP) is 0.583. The topological polar surface area (TPSA) is 98.7 Å². The Bertz CT molecular complexity index is 550. The maximum absolute atomic E-state index is 11.0. The molecular weight excluding hydrogens is 232 g/mol. The molecule has 2 rings (SSSR count). The van der Waals surface area contributed by atoms with E-state index in [1.165, 1.54) is 17.1 Å². The molecule has 2 aromatic rings. The first kappa shape index (κ1) is 12.0.